The summed E-state index contributed by atoms with van der Waals surface area (Å²) in [6.07, 6.45) is 1.44. The molecule has 88 valence electrons. The monoisotopic (exact) mass is 242 g/mol. The lowest BCUT2D eigenvalue weighted by Gasteiger charge is -2.17. The van der Waals surface area contributed by atoms with Crippen LogP contribution in [0.2, 0.25) is 0 Å². The quantitative estimate of drug-likeness (QED) is 0.761. The molecule has 1 aromatic heterocycles. The van der Waals surface area contributed by atoms with Gasteiger partial charge in [-0.25, -0.2) is 13.4 Å². The number of nitriles is 1. The first-order valence-electron chi connectivity index (χ1n) is 4.68. The van der Waals surface area contributed by atoms with Crippen LogP contribution in [0.1, 0.15) is 12.7 Å². The molecule has 0 aliphatic rings. The number of aryl methyl sites for hydroxylation is 2. The van der Waals surface area contributed by atoms with Gasteiger partial charge < -0.3 is 4.57 Å². The van der Waals surface area contributed by atoms with Gasteiger partial charge in [-0.05, 0) is 13.8 Å². The molecule has 1 aromatic rings. The topological polar surface area (TPSA) is 79.0 Å². The lowest BCUT2D eigenvalue weighted by atomic mass is 10.4. The molecule has 6 nitrogen and oxygen atoms in total. The van der Waals surface area contributed by atoms with Crippen molar-refractivity contribution in [2.45, 2.75) is 24.9 Å². The van der Waals surface area contributed by atoms with Crippen molar-refractivity contribution in [2.24, 2.45) is 7.05 Å². The van der Waals surface area contributed by atoms with Crippen molar-refractivity contribution in [3.05, 3.63) is 12.0 Å². The summed E-state index contributed by atoms with van der Waals surface area (Å²) in [4.78, 5) is 3.94. The average molecular weight is 242 g/mol. The fourth-order valence-electron chi connectivity index (χ4n) is 1.09. The molecule has 0 saturated heterocycles. The maximum absolute atomic E-state index is 12.0. The largest absolute Gasteiger partial charge is 0.337 e. The number of nitrogens with zero attached hydrogens (tertiary/aromatic N) is 4. The molecule has 1 unspecified atom stereocenters. The summed E-state index contributed by atoms with van der Waals surface area (Å²) >= 11 is 0. The molecule has 0 saturated carbocycles. The zero-order valence-electron chi connectivity index (χ0n) is 9.67. The fraction of sp³-hybridized carbons (Fsp3) is 0.556. The fourth-order valence-corrected chi connectivity index (χ4v) is 2.38. The van der Waals surface area contributed by atoms with E-state index < -0.39 is 16.1 Å². The van der Waals surface area contributed by atoms with Gasteiger partial charge in [0.15, 0.2) is 5.03 Å². The molecule has 0 fully saturated rings. The molecule has 0 amide bonds. The normalized spacial score (nSPS) is 13.8. The molecule has 16 heavy (non-hydrogen) atoms. The van der Waals surface area contributed by atoms with Crippen molar-refractivity contribution >= 4 is 10.0 Å². The van der Waals surface area contributed by atoms with E-state index in [1.807, 2.05) is 6.07 Å². The zero-order chi connectivity index (χ0) is 12.5. The van der Waals surface area contributed by atoms with Gasteiger partial charge in [-0.1, -0.05) is 0 Å². The molecule has 1 atom stereocenters. The third-order valence-electron chi connectivity index (χ3n) is 2.46. The Hall–Kier alpha value is -1.39. The second-order valence-corrected chi connectivity index (χ2v) is 5.51. The van der Waals surface area contributed by atoms with Gasteiger partial charge in [0.2, 0.25) is 0 Å². The van der Waals surface area contributed by atoms with Gasteiger partial charge in [-0.15, -0.1) is 0 Å². The minimum atomic E-state index is -3.67. The van der Waals surface area contributed by atoms with E-state index in [1.54, 1.807) is 18.5 Å². The Bertz CT molecular complexity index is 507. The second-order valence-electron chi connectivity index (χ2n) is 3.56. The van der Waals surface area contributed by atoms with Crippen LogP contribution < -0.4 is 0 Å². The maximum Gasteiger partial charge on any atom is 0.263 e. The summed E-state index contributed by atoms with van der Waals surface area (Å²) in [6.45, 7) is 3.24. The molecule has 0 aliphatic heterocycles. The van der Waals surface area contributed by atoms with Crippen LogP contribution in [0.15, 0.2) is 11.2 Å². The first kappa shape index (κ1) is 12.7. The number of hydrogen-bond acceptors (Lipinski definition) is 4. The molecule has 0 aromatic carbocycles. The first-order valence-corrected chi connectivity index (χ1v) is 6.12. The van der Waals surface area contributed by atoms with Gasteiger partial charge in [0, 0.05) is 20.3 Å². The Morgan fingerprint density at radius 3 is 2.56 bits per heavy atom. The van der Waals surface area contributed by atoms with E-state index >= 15 is 0 Å². The van der Waals surface area contributed by atoms with E-state index in [1.165, 1.54) is 20.2 Å². The van der Waals surface area contributed by atoms with Crippen molar-refractivity contribution < 1.29 is 8.42 Å². The Labute approximate surface area is 95.2 Å². The zero-order valence-corrected chi connectivity index (χ0v) is 10.5. The van der Waals surface area contributed by atoms with Gasteiger partial charge in [0.1, 0.15) is 11.9 Å². The molecule has 0 N–H and O–H groups in total. The van der Waals surface area contributed by atoms with E-state index in [9.17, 15) is 8.42 Å². The summed E-state index contributed by atoms with van der Waals surface area (Å²) in [5.41, 5.74) is 0. The number of hydrogen-bond donors (Lipinski definition) is 0. The van der Waals surface area contributed by atoms with Crippen LogP contribution in [0.5, 0.6) is 0 Å². The van der Waals surface area contributed by atoms with Gasteiger partial charge in [0.05, 0.1) is 6.07 Å². The predicted molar refractivity (Wildman–Crippen MR) is 58.0 cm³/mol. The summed E-state index contributed by atoms with van der Waals surface area (Å²) in [5, 5.41) is 8.66. The Morgan fingerprint density at radius 1 is 1.62 bits per heavy atom. The third kappa shape index (κ3) is 2.08. The van der Waals surface area contributed by atoms with Gasteiger partial charge in [-0.3, -0.25) is 0 Å². The summed E-state index contributed by atoms with van der Waals surface area (Å²) in [5.74, 6) is 0.608. The van der Waals surface area contributed by atoms with Crippen LogP contribution in [0.3, 0.4) is 0 Å². The molecule has 0 spiro atoms. The third-order valence-corrected chi connectivity index (χ3v) is 4.26. The highest BCUT2D eigenvalue weighted by atomic mass is 32.2. The van der Waals surface area contributed by atoms with E-state index in [0.717, 1.165) is 4.31 Å². The van der Waals surface area contributed by atoms with Crippen LogP contribution in [-0.2, 0) is 17.1 Å². The Morgan fingerprint density at radius 2 is 2.19 bits per heavy atom. The molecule has 7 heteroatoms. The van der Waals surface area contributed by atoms with Gasteiger partial charge >= 0.3 is 0 Å². The highest BCUT2D eigenvalue weighted by molar-refractivity contribution is 7.89. The van der Waals surface area contributed by atoms with Crippen LogP contribution in [0, 0.1) is 18.3 Å². The molecule has 0 bridgehead atoms. The summed E-state index contributed by atoms with van der Waals surface area (Å²) in [6, 6.07) is 1.16. The molecule has 0 aliphatic carbocycles. The van der Waals surface area contributed by atoms with Crippen molar-refractivity contribution in [1.82, 2.24) is 13.9 Å². The summed E-state index contributed by atoms with van der Waals surface area (Å²) in [7, 11) is -0.587. The number of rotatable bonds is 3. The highest BCUT2D eigenvalue weighted by Gasteiger charge is 2.27. The van der Waals surface area contributed by atoms with Crippen molar-refractivity contribution in [1.29, 1.82) is 5.26 Å². The summed E-state index contributed by atoms with van der Waals surface area (Å²) < 4.78 is 26.6. The molecule has 1 rings (SSSR count). The van der Waals surface area contributed by atoms with Crippen LogP contribution >= 0.6 is 0 Å². The smallest absolute Gasteiger partial charge is 0.263 e. The van der Waals surface area contributed by atoms with Crippen LogP contribution in [0.25, 0.3) is 0 Å². The number of aromatic nitrogens is 2. The van der Waals surface area contributed by atoms with Crippen molar-refractivity contribution in [2.75, 3.05) is 7.05 Å². The maximum atomic E-state index is 12.0. The second kappa shape index (κ2) is 4.23. The van der Waals surface area contributed by atoms with E-state index in [-0.39, 0.29) is 5.03 Å². The Balaban J connectivity index is 3.18. The number of sulfonamides is 1. The highest BCUT2D eigenvalue weighted by Crippen LogP contribution is 2.15. The van der Waals surface area contributed by atoms with E-state index in [0.29, 0.717) is 5.82 Å². The molecular weight excluding hydrogens is 228 g/mol. The van der Waals surface area contributed by atoms with Gasteiger partial charge in [0.25, 0.3) is 10.0 Å². The molecular formula is C9H14N4O2S. The molecule has 1 heterocycles. The molecule has 0 radical (unpaired) electrons. The number of imidazole rings is 1. The average Bonchev–Trinajstić information content (AvgIpc) is 2.57. The van der Waals surface area contributed by atoms with Crippen molar-refractivity contribution in [3.63, 3.8) is 0 Å². The lowest BCUT2D eigenvalue weighted by molar-refractivity contribution is 0.440. The van der Waals surface area contributed by atoms with Crippen LogP contribution in [0.4, 0.5) is 0 Å². The van der Waals surface area contributed by atoms with E-state index in [2.05, 4.69) is 4.98 Å². The van der Waals surface area contributed by atoms with E-state index in [4.69, 9.17) is 5.26 Å². The van der Waals surface area contributed by atoms with Crippen LogP contribution in [-0.4, -0.2) is 35.4 Å². The van der Waals surface area contributed by atoms with Crippen molar-refractivity contribution in [3.8, 4) is 6.07 Å². The standard InChI is InChI=1S/C9H14N4O2S/c1-7(5-10)13(4)16(14,15)9-6-12(3)8(2)11-9/h6-7H,1-4H3. The first-order chi connectivity index (χ1) is 7.30. The minimum Gasteiger partial charge on any atom is -0.337 e. The predicted octanol–water partition coefficient (Wildman–Crippen LogP) is 0.261. The SMILES string of the molecule is Cc1nc(S(=O)(=O)N(C)C(C)C#N)cn1C. The minimum absolute atomic E-state index is 0.0305. The van der Waals surface area contributed by atoms with Gasteiger partial charge in [-0.2, -0.15) is 9.57 Å². The lowest BCUT2D eigenvalue weighted by Crippen LogP contribution is -2.34. The Kier molecular flexibility index (Phi) is 3.35.